The lowest BCUT2D eigenvalue weighted by Crippen LogP contribution is -2.09. The minimum atomic E-state index is -0.976. The number of carbonyl (C=O) groups is 1. The summed E-state index contributed by atoms with van der Waals surface area (Å²) >= 11 is 1.14. The molecule has 1 aromatic carbocycles. The van der Waals surface area contributed by atoms with E-state index in [1.165, 1.54) is 0 Å². The Morgan fingerprint density at radius 1 is 1.52 bits per heavy atom. The van der Waals surface area contributed by atoms with Crippen LogP contribution in [-0.4, -0.2) is 21.6 Å². The van der Waals surface area contributed by atoms with E-state index >= 15 is 0 Å². The van der Waals surface area contributed by atoms with E-state index in [0.29, 0.717) is 10.7 Å². The molecular formula is C15H18N2O3S. The van der Waals surface area contributed by atoms with Gasteiger partial charge in [-0.1, -0.05) is 13.0 Å². The van der Waals surface area contributed by atoms with Gasteiger partial charge in [0.2, 0.25) is 0 Å². The normalized spacial score (nSPS) is 12.0. The second-order valence-electron chi connectivity index (χ2n) is 4.77. The van der Waals surface area contributed by atoms with Crippen LogP contribution in [0.3, 0.4) is 0 Å². The minimum Gasteiger partial charge on any atom is -0.491 e. The van der Waals surface area contributed by atoms with Crippen molar-refractivity contribution in [1.29, 1.82) is 0 Å². The highest BCUT2D eigenvalue weighted by atomic mass is 32.1. The molecule has 0 bridgehead atoms. The van der Waals surface area contributed by atoms with Crippen LogP contribution in [0.1, 0.15) is 36.3 Å². The van der Waals surface area contributed by atoms with Crippen LogP contribution < -0.4 is 10.1 Å². The van der Waals surface area contributed by atoms with Crippen molar-refractivity contribution in [3.8, 4) is 5.75 Å². The van der Waals surface area contributed by atoms with E-state index in [4.69, 9.17) is 4.74 Å². The average molecular weight is 306 g/mol. The smallest absolute Gasteiger partial charge is 0.340 e. The van der Waals surface area contributed by atoms with E-state index in [1.807, 2.05) is 31.2 Å². The van der Waals surface area contributed by atoms with Crippen molar-refractivity contribution in [2.75, 3.05) is 5.32 Å². The van der Waals surface area contributed by atoms with Crippen LogP contribution >= 0.6 is 11.5 Å². The fourth-order valence-corrected chi connectivity index (χ4v) is 2.61. The highest BCUT2D eigenvalue weighted by molar-refractivity contribution is 7.10. The number of nitrogens with zero attached hydrogens (tertiary/aromatic N) is 1. The molecule has 0 aliphatic rings. The van der Waals surface area contributed by atoms with Gasteiger partial charge in [-0.25, -0.2) is 4.79 Å². The zero-order chi connectivity index (χ0) is 15.4. The summed E-state index contributed by atoms with van der Waals surface area (Å²) in [6.07, 6.45) is 1.06. The first-order valence-electron chi connectivity index (χ1n) is 6.74. The molecule has 1 heterocycles. The van der Waals surface area contributed by atoms with Gasteiger partial charge in [-0.2, -0.15) is 4.37 Å². The number of anilines is 2. The zero-order valence-electron chi connectivity index (χ0n) is 12.2. The molecule has 1 aromatic heterocycles. The number of aromatic nitrogens is 1. The van der Waals surface area contributed by atoms with Crippen LogP contribution in [0.25, 0.3) is 0 Å². The Morgan fingerprint density at radius 2 is 2.29 bits per heavy atom. The van der Waals surface area contributed by atoms with E-state index < -0.39 is 5.97 Å². The SMILES string of the molecule is CCC(C)Oc1cccc(Nc2snc(C)c2C(=O)O)c1. The van der Waals surface area contributed by atoms with Crippen molar-refractivity contribution in [3.05, 3.63) is 35.5 Å². The van der Waals surface area contributed by atoms with Gasteiger partial charge in [-0.05, 0) is 43.9 Å². The van der Waals surface area contributed by atoms with E-state index in [0.717, 1.165) is 29.4 Å². The summed E-state index contributed by atoms with van der Waals surface area (Å²) in [6, 6.07) is 7.47. The third-order valence-corrected chi connectivity index (χ3v) is 3.93. The second kappa shape index (κ2) is 6.58. The lowest BCUT2D eigenvalue weighted by molar-refractivity contribution is 0.0697. The maximum absolute atomic E-state index is 11.2. The average Bonchev–Trinajstić information content (AvgIpc) is 2.80. The number of aryl methyl sites for hydroxylation is 1. The molecule has 0 amide bonds. The molecule has 21 heavy (non-hydrogen) atoms. The highest BCUT2D eigenvalue weighted by Crippen LogP contribution is 2.29. The third kappa shape index (κ3) is 3.72. The summed E-state index contributed by atoms with van der Waals surface area (Å²) in [4.78, 5) is 11.2. The molecule has 0 saturated heterocycles. The summed E-state index contributed by atoms with van der Waals surface area (Å²) in [7, 11) is 0. The van der Waals surface area contributed by atoms with Crippen LogP contribution in [0.15, 0.2) is 24.3 Å². The van der Waals surface area contributed by atoms with Gasteiger partial charge in [0.15, 0.2) is 0 Å². The van der Waals surface area contributed by atoms with E-state index in [2.05, 4.69) is 16.6 Å². The van der Waals surface area contributed by atoms with Crippen molar-refractivity contribution in [3.63, 3.8) is 0 Å². The van der Waals surface area contributed by atoms with Crippen LogP contribution in [-0.2, 0) is 0 Å². The van der Waals surface area contributed by atoms with Crippen molar-refractivity contribution < 1.29 is 14.6 Å². The van der Waals surface area contributed by atoms with E-state index in [9.17, 15) is 9.90 Å². The van der Waals surface area contributed by atoms with Crippen molar-refractivity contribution >= 4 is 28.2 Å². The lowest BCUT2D eigenvalue weighted by atomic mass is 10.2. The Kier molecular flexibility index (Phi) is 4.80. The Hall–Kier alpha value is -2.08. The summed E-state index contributed by atoms with van der Waals surface area (Å²) in [5.74, 6) is -0.219. The quantitative estimate of drug-likeness (QED) is 0.841. The molecule has 112 valence electrons. The molecule has 1 unspecified atom stereocenters. The fraction of sp³-hybridized carbons (Fsp3) is 0.333. The van der Waals surface area contributed by atoms with Gasteiger partial charge < -0.3 is 15.2 Å². The summed E-state index contributed by atoms with van der Waals surface area (Å²) in [5, 5.41) is 12.9. The van der Waals surface area contributed by atoms with Gasteiger partial charge in [-0.15, -0.1) is 0 Å². The molecule has 0 spiro atoms. The van der Waals surface area contributed by atoms with Gasteiger partial charge in [0.05, 0.1) is 11.8 Å². The first kappa shape index (κ1) is 15.3. The van der Waals surface area contributed by atoms with Crippen LogP contribution in [0, 0.1) is 6.92 Å². The molecular weight excluding hydrogens is 288 g/mol. The zero-order valence-corrected chi connectivity index (χ0v) is 13.0. The monoisotopic (exact) mass is 306 g/mol. The largest absolute Gasteiger partial charge is 0.491 e. The van der Waals surface area contributed by atoms with Gasteiger partial charge in [0, 0.05) is 11.8 Å². The van der Waals surface area contributed by atoms with E-state index in [-0.39, 0.29) is 11.7 Å². The molecule has 2 N–H and O–H groups in total. The Balaban J connectivity index is 2.20. The molecule has 0 aliphatic carbocycles. The summed E-state index contributed by atoms with van der Waals surface area (Å²) in [6.45, 7) is 5.76. The molecule has 0 fully saturated rings. The Morgan fingerprint density at radius 3 is 2.95 bits per heavy atom. The maximum atomic E-state index is 11.2. The summed E-state index contributed by atoms with van der Waals surface area (Å²) < 4.78 is 9.84. The summed E-state index contributed by atoms with van der Waals surface area (Å²) in [5.41, 5.74) is 1.51. The number of carboxylic acid groups (broad SMARTS) is 1. The van der Waals surface area contributed by atoms with Crippen molar-refractivity contribution in [1.82, 2.24) is 4.37 Å². The predicted octanol–water partition coefficient (Wildman–Crippen LogP) is 4.07. The highest BCUT2D eigenvalue weighted by Gasteiger charge is 2.17. The van der Waals surface area contributed by atoms with Crippen LogP contribution in [0.2, 0.25) is 0 Å². The van der Waals surface area contributed by atoms with Gasteiger partial charge in [0.25, 0.3) is 0 Å². The van der Waals surface area contributed by atoms with Gasteiger partial charge >= 0.3 is 5.97 Å². The van der Waals surface area contributed by atoms with Crippen LogP contribution in [0.4, 0.5) is 10.7 Å². The molecule has 5 nitrogen and oxygen atoms in total. The Bertz CT molecular complexity index is 640. The molecule has 2 rings (SSSR count). The predicted molar refractivity (Wildman–Crippen MR) is 83.9 cm³/mol. The lowest BCUT2D eigenvalue weighted by Gasteiger charge is -2.13. The standard InChI is InChI=1S/C15H18N2O3S/c1-4-9(2)20-12-7-5-6-11(8-12)16-14-13(15(18)19)10(3)17-21-14/h5-9,16H,4H2,1-3H3,(H,18,19). The van der Waals surface area contributed by atoms with Gasteiger partial charge in [0.1, 0.15) is 16.3 Å². The topological polar surface area (TPSA) is 71.5 Å². The first-order valence-corrected chi connectivity index (χ1v) is 7.52. The number of benzene rings is 1. The molecule has 6 heteroatoms. The van der Waals surface area contributed by atoms with Crippen molar-refractivity contribution in [2.24, 2.45) is 0 Å². The number of hydrogen-bond donors (Lipinski definition) is 2. The number of hydrogen-bond acceptors (Lipinski definition) is 5. The molecule has 2 aromatic rings. The fourth-order valence-electron chi connectivity index (χ4n) is 1.80. The van der Waals surface area contributed by atoms with Crippen LogP contribution in [0.5, 0.6) is 5.75 Å². The third-order valence-electron chi connectivity index (χ3n) is 3.08. The number of nitrogens with one attached hydrogen (secondary N) is 1. The molecule has 0 aliphatic heterocycles. The second-order valence-corrected chi connectivity index (χ2v) is 5.54. The van der Waals surface area contributed by atoms with E-state index in [1.54, 1.807) is 6.92 Å². The number of aromatic carboxylic acids is 1. The minimum absolute atomic E-state index is 0.139. The molecule has 1 atom stereocenters. The van der Waals surface area contributed by atoms with Gasteiger partial charge in [-0.3, -0.25) is 0 Å². The maximum Gasteiger partial charge on any atom is 0.340 e. The first-order chi connectivity index (χ1) is 10.0. The van der Waals surface area contributed by atoms with Crippen molar-refractivity contribution in [2.45, 2.75) is 33.3 Å². The number of ether oxygens (including phenoxy) is 1. The number of carboxylic acids is 1. The number of rotatable bonds is 6. The molecule has 0 saturated carbocycles. The molecule has 0 radical (unpaired) electrons. The Labute approximate surface area is 127 Å².